The molecule has 8 rings (SSSR count). The summed E-state index contributed by atoms with van der Waals surface area (Å²) in [5.41, 5.74) is 5.14. The lowest BCUT2D eigenvalue weighted by Gasteiger charge is -2.05. The smallest absolute Gasteiger partial charge is 0.351 e. The molecule has 2 aliphatic rings. The highest BCUT2D eigenvalue weighted by atomic mass is 16.6. The molecule has 0 saturated heterocycles. The molecule has 0 aromatic carbocycles. The summed E-state index contributed by atoms with van der Waals surface area (Å²) in [6.07, 6.45) is 6.68. The van der Waals surface area contributed by atoms with E-state index in [0.717, 1.165) is 22.8 Å². The molecule has 0 unspecified atom stereocenters. The lowest BCUT2D eigenvalue weighted by molar-refractivity contribution is 0.0399. The van der Waals surface area contributed by atoms with E-state index in [0.29, 0.717) is 47.2 Å². The fourth-order valence-corrected chi connectivity index (χ4v) is 5.57. The van der Waals surface area contributed by atoms with E-state index < -0.39 is 11.9 Å². The van der Waals surface area contributed by atoms with E-state index in [1.165, 1.54) is 31.3 Å². The van der Waals surface area contributed by atoms with E-state index in [4.69, 9.17) is 4.74 Å². The molecule has 0 radical (unpaired) electrons. The number of aromatic nitrogens is 10. The van der Waals surface area contributed by atoms with Gasteiger partial charge in [0.25, 0.3) is 0 Å². The molecule has 19 nitrogen and oxygen atoms in total. The third kappa shape index (κ3) is 5.61. The summed E-state index contributed by atoms with van der Waals surface area (Å²) in [6, 6.07) is 10.3. The summed E-state index contributed by atoms with van der Waals surface area (Å²) in [5.74, 6) is -1.41. The van der Waals surface area contributed by atoms with Crippen molar-refractivity contribution in [3.63, 3.8) is 0 Å². The molecule has 0 aliphatic carbocycles. The molecule has 0 N–H and O–H groups in total. The Morgan fingerprint density at radius 1 is 0.647 bits per heavy atom. The van der Waals surface area contributed by atoms with Crippen LogP contribution in [0.25, 0.3) is 11.6 Å². The van der Waals surface area contributed by atoms with E-state index in [2.05, 4.69) is 61.0 Å². The van der Waals surface area contributed by atoms with Crippen molar-refractivity contribution < 1.29 is 14.3 Å². The zero-order valence-corrected chi connectivity index (χ0v) is 27.6. The van der Waals surface area contributed by atoms with E-state index in [9.17, 15) is 9.59 Å². The Hall–Kier alpha value is -7.18. The molecule has 8 heterocycles. The van der Waals surface area contributed by atoms with E-state index in [-0.39, 0.29) is 22.8 Å². The van der Waals surface area contributed by atoms with Gasteiger partial charge in [-0.3, -0.25) is 0 Å². The molecule has 0 fully saturated rings. The van der Waals surface area contributed by atoms with Gasteiger partial charge in [0.1, 0.15) is 22.5 Å². The normalized spacial score (nSPS) is 13.6. The minimum atomic E-state index is -1.04. The Morgan fingerprint density at radius 2 is 1.10 bits per heavy atom. The zero-order chi connectivity index (χ0) is 35.2. The van der Waals surface area contributed by atoms with Crippen molar-refractivity contribution >= 4 is 46.4 Å². The Balaban J connectivity index is 1.14. The lowest BCUT2D eigenvalue weighted by atomic mass is 10.2. The molecule has 0 amide bonds. The van der Waals surface area contributed by atoms with Crippen molar-refractivity contribution in [1.29, 1.82) is 0 Å². The highest BCUT2D eigenvalue weighted by Crippen LogP contribution is 2.33. The number of hydrogen-bond acceptors (Lipinski definition) is 15. The predicted octanol–water partition coefficient (Wildman–Crippen LogP) is 5.25. The van der Waals surface area contributed by atoms with Gasteiger partial charge in [0.2, 0.25) is 0 Å². The maximum Gasteiger partial charge on any atom is 0.351 e. The number of pyridine rings is 2. The lowest BCUT2D eigenvalue weighted by Crippen LogP contribution is -2.13. The van der Waals surface area contributed by atoms with Crippen LogP contribution in [0.3, 0.4) is 0 Å². The number of carbonyl (C=O) groups excluding carboxylic acids is 2. The second kappa shape index (κ2) is 12.4. The van der Waals surface area contributed by atoms with Crippen LogP contribution in [0.5, 0.6) is 0 Å². The largest absolute Gasteiger partial charge is 0.385 e. The fourth-order valence-electron chi connectivity index (χ4n) is 5.57. The minimum Gasteiger partial charge on any atom is -0.385 e. The summed E-state index contributed by atoms with van der Waals surface area (Å²) in [7, 11) is 0. The average Bonchev–Trinajstić information content (AvgIpc) is 3.96. The molecule has 0 bridgehead atoms. The molecule has 0 spiro atoms. The monoisotopic (exact) mass is 682 g/mol. The first-order valence-corrected chi connectivity index (χ1v) is 15.6. The maximum atomic E-state index is 13.7. The van der Waals surface area contributed by atoms with Crippen molar-refractivity contribution in [3.05, 3.63) is 95.1 Å². The Bertz CT molecular complexity index is 2310. The van der Waals surface area contributed by atoms with Crippen LogP contribution < -0.4 is 0 Å². The number of hydrogen-bond donors (Lipinski definition) is 0. The van der Waals surface area contributed by atoms with Gasteiger partial charge in [0, 0.05) is 36.7 Å². The minimum absolute atomic E-state index is 0.0198. The van der Waals surface area contributed by atoms with Crippen LogP contribution in [0.4, 0.5) is 23.0 Å². The predicted molar refractivity (Wildman–Crippen MR) is 179 cm³/mol. The van der Waals surface area contributed by atoms with Crippen LogP contribution in [0.1, 0.15) is 57.3 Å². The SMILES string of the molecule is CC1=Nn2nc(C)c(N=Nc3c(C(=O)OC(=O)c4cnn(-c5ccccn5)c4N=Nc4c(C)nn5c4CC(C)=N5)cnn3-c3ccccn3)c2C1. The second-order valence-corrected chi connectivity index (χ2v) is 11.6. The Kier molecular flexibility index (Phi) is 7.54. The first-order chi connectivity index (χ1) is 24.7. The highest BCUT2D eigenvalue weighted by Gasteiger charge is 2.29. The maximum absolute atomic E-state index is 13.7. The summed E-state index contributed by atoms with van der Waals surface area (Å²) in [4.78, 5) is 39.1. The molecular weight excluding hydrogens is 656 g/mol. The molecular formula is C32H26N16O3. The van der Waals surface area contributed by atoms with Gasteiger partial charge in [-0.15, -0.1) is 20.5 Å². The number of azo groups is 2. The van der Waals surface area contributed by atoms with Crippen LogP contribution in [0, 0.1) is 13.8 Å². The van der Waals surface area contributed by atoms with Gasteiger partial charge in [-0.1, -0.05) is 12.1 Å². The van der Waals surface area contributed by atoms with Gasteiger partial charge in [-0.25, -0.2) is 19.6 Å². The first kappa shape index (κ1) is 31.1. The topological polar surface area (TPSA) is 215 Å². The van der Waals surface area contributed by atoms with Gasteiger partial charge in [-0.2, -0.15) is 49.5 Å². The van der Waals surface area contributed by atoms with E-state index in [1.807, 2.05) is 13.8 Å². The summed E-state index contributed by atoms with van der Waals surface area (Å²) in [6.45, 7) is 7.34. The number of rotatable bonds is 8. The zero-order valence-electron chi connectivity index (χ0n) is 27.6. The van der Waals surface area contributed by atoms with E-state index >= 15 is 0 Å². The molecule has 2 aliphatic heterocycles. The Morgan fingerprint density at radius 3 is 1.51 bits per heavy atom. The summed E-state index contributed by atoms with van der Waals surface area (Å²) in [5, 5.41) is 43.9. The third-order valence-corrected chi connectivity index (χ3v) is 7.92. The number of carbonyl (C=O) groups is 2. The number of nitrogens with zero attached hydrogens (tertiary/aromatic N) is 16. The molecule has 252 valence electrons. The Labute approximate surface area is 287 Å². The van der Waals surface area contributed by atoms with Gasteiger partial charge in [-0.05, 0) is 52.0 Å². The van der Waals surface area contributed by atoms with Gasteiger partial charge < -0.3 is 4.74 Å². The van der Waals surface area contributed by atoms with Crippen LogP contribution in [0.15, 0.2) is 91.8 Å². The van der Waals surface area contributed by atoms with Crippen LogP contribution in [-0.4, -0.2) is 72.7 Å². The quantitative estimate of drug-likeness (QED) is 0.116. The van der Waals surface area contributed by atoms with Crippen molar-refractivity contribution in [3.8, 4) is 11.6 Å². The number of fused-ring (bicyclic) bond motifs is 2. The number of ether oxygens (including phenoxy) is 1. The molecule has 0 saturated carbocycles. The molecule has 6 aromatic rings. The first-order valence-electron chi connectivity index (χ1n) is 15.6. The molecule has 6 aromatic heterocycles. The van der Waals surface area contributed by atoms with Crippen LogP contribution in [0.2, 0.25) is 0 Å². The van der Waals surface area contributed by atoms with Crippen LogP contribution in [-0.2, 0) is 17.6 Å². The van der Waals surface area contributed by atoms with Gasteiger partial charge in [0.15, 0.2) is 23.3 Å². The third-order valence-electron chi connectivity index (χ3n) is 7.92. The summed E-state index contributed by atoms with van der Waals surface area (Å²) < 4.78 is 8.05. The average molecular weight is 683 g/mol. The number of esters is 2. The second-order valence-electron chi connectivity index (χ2n) is 11.6. The molecule has 0 atom stereocenters. The van der Waals surface area contributed by atoms with Crippen molar-refractivity contribution in [2.75, 3.05) is 0 Å². The standard InChI is InChI=1S/C32H26N16O3/c1-17-13-23-27(19(3)43-47(23)41-17)37-39-29-21(15-35-45(29)25-9-5-7-11-33-25)31(49)51-32(50)22-16-36-46(26-10-6-8-12-34-26)30(22)40-38-28-20(4)44-48-24(28)14-18(2)42-48/h5-12,15-16H,13-14H2,1-4H3. The van der Waals surface area contributed by atoms with Gasteiger partial charge in [0.05, 0.1) is 35.2 Å². The highest BCUT2D eigenvalue weighted by molar-refractivity contribution is 6.06. The fraction of sp³-hybridized carbons (Fsp3) is 0.188. The van der Waals surface area contributed by atoms with Crippen molar-refractivity contribution in [1.82, 2.24) is 49.3 Å². The molecule has 51 heavy (non-hydrogen) atoms. The number of aryl methyl sites for hydroxylation is 2. The summed E-state index contributed by atoms with van der Waals surface area (Å²) >= 11 is 0. The van der Waals surface area contributed by atoms with Crippen molar-refractivity contribution in [2.24, 2.45) is 30.7 Å². The van der Waals surface area contributed by atoms with Crippen LogP contribution >= 0.6 is 0 Å². The van der Waals surface area contributed by atoms with E-state index in [1.54, 1.807) is 62.6 Å². The van der Waals surface area contributed by atoms with Crippen molar-refractivity contribution in [2.45, 2.75) is 40.5 Å². The van der Waals surface area contributed by atoms with Gasteiger partial charge >= 0.3 is 11.9 Å². The molecule has 19 heteroatoms.